The second-order valence-electron chi connectivity index (χ2n) is 3.08. The lowest BCUT2D eigenvalue weighted by molar-refractivity contribution is -0.0106. The highest BCUT2D eigenvalue weighted by Gasteiger charge is 2.38. The second-order valence-corrected chi connectivity index (χ2v) is 3.49. The lowest BCUT2D eigenvalue weighted by atomic mass is 9.98. The van der Waals surface area contributed by atoms with Crippen molar-refractivity contribution in [2.45, 2.75) is 12.5 Å². The topological polar surface area (TPSA) is 12.0 Å². The van der Waals surface area contributed by atoms with Gasteiger partial charge < -0.3 is 5.32 Å². The first kappa shape index (κ1) is 11.7. The lowest BCUT2D eigenvalue weighted by Crippen LogP contribution is -2.36. The summed E-state index contributed by atoms with van der Waals surface area (Å²) in [6, 6.07) is 4.85. The van der Waals surface area contributed by atoms with Gasteiger partial charge in [-0.05, 0) is 11.6 Å². The largest absolute Gasteiger partial charge is 0.307 e. The van der Waals surface area contributed by atoms with Crippen molar-refractivity contribution >= 4 is 24.0 Å². The van der Waals surface area contributed by atoms with Crippen LogP contribution >= 0.6 is 24.0 Å². The minimum absolute atomic E-state index is 0. The summed E-state index contributed by atoms with van der Waals surface area (Å²) in [5, 5.41) is 2.81. The third kappa shape index (κ3) is 1.85. The molecule has 0 spiro atoms. The van der Waals surface area contributed by atoms with Crippen molar-refractivity contribution in [2.75, 3.05) is 6.54 Å². The number of halogens is 4. The predicted octanol–water partition coefficient (Wildman–Crippen LogP) is 2.96. The van der Waals surface area contributed by atoms with Crippen LogP contribution in [0.15, 0.2) is 18.2 Å². The summed E-state index contributed by atoms with van der Waals surface area (Å²) in [4.78, 5) is 0. The molecule has 2 rings (SSSR count). The Balaban J connectivity index is 0.000000980. The highest BCUT2D eigenvalue weighted by molar-refractivity contribution is 6.31. The fourth-order valence-electron chi connectivity index (χ4n) is 1.57. The Morgan fingerprint density at radius 1 is 1.36 bits per heavy atom. The van der Waals surface area contributed by atoms with Crippen LogP contribution in [0.3, 0.4) is 0 Å². The first-order valence-corrected chi connectivity index (χ1v) is 4.35. The van der Waals surface area contributed by atoms with Crippen molar-refractivity contribution in [3.63, 3.8) is 0 Å². The molecule has 5 heteroatoms. The quantitative estimate of drug-likeness (QED) is 0.735. The van der Waals surface area contributed by atoms with Crippen LogP contribution in [0.5, 0.6) is 0 Å². The maximum Gasteiger partial charge on any atom is 0.287 e. The van der Waals surface area contributed by atoms with Gasteiger partial charge in [-0.15, -0.1) is 12.4 Å². The third-order valence-electron chi connectivity index (χ3n) is 2.13. The maximum absolute atomic E-state index is 13.3. The average molecular weight is 240 g/mol. The smallest absolute Gasteiger partial charge is 0.287 e. The summed E-state index contributed by atoms with van der Waals surface area (Å²) >= 11 is 5.72. The van der Waals surface area contributed by atoms with Gasteiger partial charge in [0.2, 0.25) is 0 Å². The Labute approximate surface area is 91.9 Å². The fourth-order valence-corrected chi connectivity index (χ4v) is 1.90. The molecule has 1 N–H and O–H groups in total. The SMILES string of the molecule is Cl.FC1(F)CNCc2cccc(Cl)c21. The van der Waals surface area contributed by atoms with Crippen LogP contribution in [0.25, 0.3) is 0 Å². The minimum Gasteiger partial charge on any atom is -0.307 e. The van der Waals surface area contributed by atoms with Crippen molar-refractivity contribution in [1.82, 2.24) is 5.32 Å². The van der Waals surface area contributed by atoms with E-state index in [4.69, 9.17) is 11.6 Å². The van der Waals surface area contributed by atoms with E-state index < -0.39 is 5.92 Å². The molecule has 1 aliphatic heterocycles. The Bertz CT molecular complexity index is 342. The zero-order valence-electron chi connectivity index (χ0n) is 7.19. The van der Waals surface area contributed by atoms with E-state index in [0.29, 0.717) is 12.1 Å². The molecule has 0 atom stereocenters. The number of rotatable bonds is 0. The molecule has 0 saturated heterocycles. The number of hydrogen-bond acceptors (Lipinski definition) is 1. The fraction of sp³-hybridized carbons (Fsp3) is 0.333. The molecule has 1 aromatic carbocycles. The Hall–Kier alpha value is -0.380. The Morgan fingerprint density at radius 2 is 2.07 bits per heavy atom. The number of alkyl halides is 2. The van der Waals surface area contributed by atoms with E-state index in [1.807, 2.05) is 0 Å². The monoisotopic (exact) mass is 239 g/mol. The van der Waals surface area contributed by atoms with E-state index in [1.54, 1.807) is 12.1 Å². The van der Waals surface area contributed by atoms with Gasteiger partial charge in [0.05, 0.1) is 11.6 Å². The van der Waals surface area contributed by atoms with Crippen LogP contribution < -0.4 is 5.32 Å². The van der Waals surface area contributed by atoms with Gasteiger partial charge in [-0.3, -0.25) is 0 Å². The Kier molecular flexibility index (Phi) is 3.35. The van der Waals surface area contributed by atoms with Crippen molar-refractivity contribution in [1.29, 1.82) is 0 Å². The zero-order valence-corrected chi connectivity index (χ0v) is 8.76. The summed E-state index contributed by atoms with van der Waals surface area (Å²) < 4.78 is 26.6. The van der Waals surface area contributed by atoms with Gasteiger partial charge in [-0.1, -0.05) is 23.7 Å². The number of fused-ring (bicyclic) bond motifs is 1. The number of nitrogens with one attached hydrogen (secondary N) is 1. The normalized spacial score (nSPS) is 18.2. The highest BCUT2D eigenvalue weighted by atomic mass is 35.5. The van der Waals surface area contributed by atoms with Gasteiger partial charge in [-0.2, -0.15) is 8.78 Å². The molecule has 0 bridgehead atoms. The van der Waals surface area contributed by atoms with E-state index in [0.717, 1.165) is 0 Å². The molecule has 0 aromatic heterocycles. The van der Waals surface area contributed by atoms with E-state index in [9.17, 15) is 8.78 Å². The molecule has 1 heterocycles. The van der Waals surface area contributed by atoms with E-state index >= 15 is 0 Å². The van der Waals surface area contributed by atoms with Gasteiger partial charge >= 0.3 is 0 Å². The third-order valence-corrected chi connectivity index (χ3v) is 2.44. The van der Waals surface area contributed by atoms with E-state index in [1.165, 1.54) is 6.07 Å². The van der Waals surface area contributed by atoms with Crippen molar-refractivity contribution < 1.29 is 8.78 Å². The summed E-state index contributed by atoms with van der Waals surface area (Å²) in [5.41, 5.74) is 0.569. The van der Waals surface area contributed by atoms with Gasteiger partial charge in [0, 0.05) is 12.1 Å². The molecule has 0 amide bonds. The van der Waals surface area contributed by atoms with Crippen LogP contribution in [0.2, 0.25) is 5.02 Å². The second kappa shape index (κ2) is 4.01. The van der Waals surface area contributed by atoms with E-state index in [-0.39, 0.29) is 29.5 Å². The molecule has 14 heavy (non-hydrogen) atoms. The van der Waals surface area contributed by atoms with Crippen LogP contribution in [-0.2, 0) is 12.5 Å². The molecule has 0 fully saturated rings. The Morgan fingerprint density at radius 3 is 2.71 bits per heavy atom. The molecule has 78 valence electrons. The molecule has 1 nitrogen and oxygen atoms in total. The van der Waals surface area contributed by atoms with Crippen LogP contribution in [0.4, 0.5) is 8.78 Å². The number of benzene rings is 1. The lowest BCUT2D eigenvalue weighted by Gasteiger charge is -2.26. The van der Waals surface area contributed by atoms with Gasteiger partial charge in [0.25, 0.3) is 5.92 Å². The maximum atomic E-state index is 13.3. The first-order valence-electron chi connectivity index (χ1n) is 3.98. The average Bonchev–Trinajstić information content (AvgIpc) is 2.02. The van der Waals surface area contributed by atoms with Crippen molar-refractivity contribution in [3.8, 4) is 0 Å². The summed E-state index contributed by atoms with van der Waals surface area (Å²) in [6.07, 6.45) is 0. The van der Waals surface area contributed by atoms with Crippen LogP contribution in [-0.4, -0.2) is 6.54 Å². The standard InChI is InChI=1S/C9H8ClF2N.ClH/c10-7-3-1-2-6-4-13-5-9(11,12)8(6)7;/h1-3,13H,4-5H2;1H. The molecule has 0 unspecified atom stereocenters. The summed E-state index contributed by atoms with van der Waals surface area (Å²) in [7, 11) is 0. The molecular formula is C9H9Cl2F2N. The molecule has 1 aromatic rings. The molecule has 0 aliphatic carbocycles. The van der Waals surface area contributed by atoms with Gasteiger partial charge in [-0.25, -0.2) is 0 Å². The van der Waals surface area contributed by atoms with Crippen molar-refractivity contribution in [3.05, 3.63) is 34.3 Å². The summed E-state index contributed by atoms with van der Waals surface area (Å²) in [6.45, 7) is 0.134. The molecule has 0 radical (unpaired) electrons. The highest BCUT2D eigenvalue weighted by Crippen LogP contribution is 2.37. The first-order chi connectivity index (χ1) is 6.11. The van der Waals surface area contributed by atoms with Gasteiger partial charge in [0.1, 0.15) is 0 Å². The van der Waals surface area contributed by atoms with Crippen molar-refractivity contribution in [2.24, 2.45) is 0 Å². The van der Waals surface area contributed by atoms with Crippen LogP contribution in [0.1, 0.15) is 11.1 Å². The predicted molar refractivity (Wildman–Crippen MR) is 54.3 cm³/mol. The zero-order chi connectivity index (χ0) is 9.47. The number of hydrogen-bond donors (Lipinski definition) is 1. The van der Waals surface area contributed by atoms with Crippen LogP contribution in [0, 0.1) is 0 Å². The van der Waals surface area contributed by atoms with E-state index in [2.05, 4.69) is 5.32 Å². The molecular weight excluding hydrogens is 231 g/mol. The van der Waals surface area contributed by atoms with Gasteiger partial charge in [0.15, 0.2) is 0 Å². The molecule has 0 saturated carbocycles. The minimum atomic E-state index is -2.84. The summed E-state index contributed by atoms with van der Waals surface area (Å²) in [5.74, 6) is -2.84. The molecule has 1 aliphatic rings.